The Labute approximate surface area is 127 Å². The highest BCUT2D eigenvalue weighted by atomic mass is 79.9. The molecule has 0 saturated carbocycles. The highest BCUT2D eigenvalue weighted by Crippen LogP contribution is 2.31. The number of halogens is 1. The SMILES string of the molecule is Br.CCCN(c1cccc2c1CCCC2)[C@H](O)CC. The summed E-state index contributed by atoms with van der Waals surface area (Å²) in [6.45, 7) is 5.15. The van der Waals surface area contributed by atoms with E-state index in [0.29, 0.717) is 0 Å². The molecular formula is C16H26BrNO. The van der Waals surface area contributed by atoms with Gasteiger partial charge >= 0.3 is 0 Å². The summed E-state index contributed by atoms with van der Waals surface area (Å²) in [7, 11) is 0. The number of rotatable bonds is 5. The Morgan fingerprint density at radius 3 is 2.63 bits per heavy atom. The zero-order valence-corrected chi connectivity index (χ0v) is 13.8. The molecule has 0 heterocycles. The summed E-state index contributed by atoms with van der Waals surface area (Å²) in [5.74, 6) is 0. The molecule has 1 atom stereocenters. The van der Waals surface area contributed by atoms with Gasteiger partial charge < -0.3 is 10.0 Å². The lowest BCUT2D eigenvalue weighted by Crippen LogP contribution is -2.36. The molecule has 0 aromatic heterocycles. The molecular weight excluding hydrogens is 302 g/mol. The average molecular weight is 328 g/mol. The maximum atomic E-state index is 10.2. The number of fused-ring (bicyclic) bond motifs is 1. The standard InChI is InChI=1S/C16H25NO.BrH/c1-3-12-17(16(18)4-2)15-11-7-9-13-8-5-6-10-14(13)15;/h7,9,11,16,18H,3-6,8,10,12H2,1-2H3;1H/t16-;/m1./s1. The summed E-state index contributed by atoms with van der Waals surface area (Å²) in [6.07, 6.45) is 6.46. The topological polar surface area (TPSA) is 23.5 Å². The quantitative estimate of drug-likeness (QED) is 0.823. The van der Waals surface area contributed by atoms with Crippen molar-refractivity contribution < 1.29 is 5.11 Å². The molecule has 0 fully saturated rings. The third kappa shape index (κ3) is 3.73. The number of hydrogen-bond donors (Lipinski definition) is 1. The van der Waals surface area contributed by atoms with Crippen molar-refractivity contribution >= 4 is 22.7 Å². The molecule has 0 amide bonds. The van der Waals surface area contributed by atoms with Crippen LogP contribution < -0.4 is 4.90 Å². The summed E-state index contributed by atoms with van der Waals surface area (Å²) >= 11 is 0. The zero-order chi connectivity index (χ0) is 13.0. The maximum absolute atomic E-state index is 10.2. The van der Waals surface area contributed by atoms with E-state index < -0.39 is 0 Å². The fraction of sp³-hybridized carbons (Fsp3) is 0.625. The van der Waals surface area contributed by atoms with Gasteiger partial charge in [0.15, 0.2) is 0 Å². The second-order valence-electron chi connectivity index (χ2n) is 5.20. The lowest BCUT2D eigenvalue weighted by Gasteiger charge is -2.33. The second-order valence-corrected chi connectivity index (χ2v) is 5.20. The number of anilines is 1. The molecule has 0 radical (unpaired) electrons. The highest BCUT2D eigenvalue weighted by molar-refractivity contribution is 8.93. The summed E-state index contributed by atoms with van der Waals surface area (Å²) < 4.78 is 0. The molecule has 1 aliphatic carbocycles. The van der Waals surface area contributed by atoms with Crippen LogP contribution in [0.3, 0.4) is 0 Å². The molecule has 0 saturated heterocycles. The molecule has 3 heteroatoms. The predicted octanol–water partition coefficient (Wildman–Crippen LogP) is 4.09. The first kappa shape index (κ1) is 16.5. The first-order valence-electron chi connectivity index (χ1n) is 7.33. The monoisotopic (exact) mass is 327 g/mol. The van der Waals surface area contributed by atoms with Gasteiger partial charge in [0.05, 0.1) is 0 Å². The van der Waals surface area contributed by atoms with Crippen molar-refractivity contribution in [2.24, 2.45) is 0 Å². The van der Waals surface area contributed by atoms with E-state index in [9.17, 15) is 5.11 Å². The zero-order valence-electron chi connectivity index (χ0n) is 12.1. The van der Waals surface area contributed by atoms with Gasteiger partial charge in [-0.2, -0.15) is 0 Å². The Hall–Kier alpha value is -0.540. The number of nitrogens with zero attached hydrogens (tertiary/aromatic N) is 1. The second kappa shape index (κ2) is 7.91. The molecule has 2 rings (SSSR count). The Kier molecular flexibility index (Phi) is 6.87. The van der Waals surface area contributed by atoms with E-state index in [0.717, 1.165) is 19.4 Å². The van der Waals surface area contributed by atoms with Crippen molar-refractivity contribution in [2.75, 3.05) is 11.4 Å². The summed E-state index contributed by atoms with van der Waals surface area (Å²) in [6, 6.07) is 6.57. The minimum absolute atomic E-state index is 0. The van der Waals surface area contributed by atoms with Crippen LogP contribution >= 0.6 is 17.0 Å². The predicted molar refractivity (Wildman–Crippen MR) is 87.3 cm³/mol. The molecule has 1 aromatic rings. The lowest BCUT2D eigenvalue weighted by molar-refractivity contribution is 0.164. The third-order valence-electron chi connectivity index (χ3n) is 3.87. The van der Waals surface area contributed by atoms with Crippen LogP contribution in [0.4, 0.5) is 5.69 Å². The Balaban J connectivity index is 0.00000180. The van der Waals surface area contributed by atoms with Gasteiger partial charge in [-0.15, -0.1) is 17.0 Å². The van der Waals surface area contributed by atoms with Crippen molar-refractivity contribution in [2.45, 2.75) is 58.6 Å². The van der Waals surface area contributed by atoms with Crippen LogP contribution in [0.2, 0.25) is 0 Å². The smallest absolute Gasteiger partial charge is 0.126 e. The fourth-order valence-electron chi connectivity index (χ4n) is 2.92. The molecule has 1 N–H and O–H groups in total. The van der Waals surface area contributed by atoms with Gasteiger partial charge in [-0.3, -0.25) is 0 Å². The fourth-order valence-corrected chi connectivity index (χ4v) is 2.92. The number of aliphatic hydroxyl groups excluding tert-OH is 1. The van der Waals surface area contributed by atoms with Crippen LogP contribution in [-0.2, 0) is 12.8 Å². The van der Waals surface area contributed by atoms with E-state index >= 15 is 0 Å². The molecule has 1 aliphatic rings. The van der Waals surface area contributed by atoms with Crippen LogP contribution in [-0.4, -0.2) is 17.9 Å². The van der Waals surface area contributed by atoms with Gasteiger partial charge in [-0.25, -0.2) is 0 Å². The van der Waals surface area contributed by atoms with E-state index in [2.05, 4.69) is 30.0 Å². The van der Waals surface area contributed by atoms with Crippen molar-refractivity contribution in [3.05, 3.63) is 29.3 Å². The normalized spacial score (nSPS) is 15.3. The van der Waals surface area contributed by atoms with Crippen LogP contribution in [0.25, 0.3) is 0 Å². The Bertz CT molecular complexity index is 394. The molecule has 0 spiro atoms. The molecule has 0 unspecified atom stereocenters. The van der Waals surface area contributed by atoms with Gasteiger partial charge in [0.1, 0.15) is 6.23 Å². The minimum Gasteiger partial charge on any atom is -0.374 e. The van der Waals surface area contributed by atoms with Crippen molar-refractivity contribution in [1.82, 2.24) is 0 Å². The highest BCUT2D eigenvalue weighted by Gasteiger charge is 2.20. The Morgan fingerprint density at radius 1 is 1.21 bits per heavy atom. The molecule has 108 valence electrons. The van der Waals surface area contributed by atoms with E-state index in [1.807, 2.05) is 6.92 Å². The van der Waals surface area contributed by atoms with Gasteiger partial charge in [0, 0.05) is 12.2 Å². The summed E-state index contributed by atoms with van der Waals surface area (Å²) in [4.78, 5) is 2.18. The minimum atomic E-state index is -0.349. The maximum Gasteiger partial charge on any atom is 0.126 e. The van der Waals surface area contributed by atoms with Gasteiger partial charge in [-0.05, 0) is 55.7 Å². The van der Waals surface area contributed by atoms with E-state index in [-0.39, 0.29) is 23.2 Å². The number of aliphatic hydroxyl groups is 1. The number of hydrogen-bond acceptors (Lipinski definition) is 2. The number of benzene rings is 1. The first-order chi connectivity index (χ1) is 8.77. The Morgan fingerprint density at radius 2 is 1.95 bits per heavy atom. The summed E-state index contributed by atoms with van der Waals surface area (Å²) in [5, 5.41) is 10.2. The van der Waals surface area contributed by atoms with Gasteiger partial charge in [0.2, 0.25) is 0 Å². The largest absolute Gasteiger partial charge is 0.374 e. The lowest BCUT2D eigenvalue weighted by atomic mass is 9.90. The number of aryl methyl sites for hydroxylation is 1. The van der Waals surface area contributed by atoms with Gasteiger partial charge in [-0.1, -0.05) is 26.0 Å². The van der Waals surface area contributed by atoms with Crippen LogP contribution in [0.15, 0.2) is 18.2 Å². The van der Waals surface area contributed by atoms with E-state index in [4.69, 9.17) is 0 Å². The van der Waals surface area contributed by atoms with E-state index in [1.165, 1.54) is 42.5 Å². The van der Waals surface area contributed by atoms with E-state index in [1.54, 1.807) is 0 Å². The molecule has 0 bridgehead atoms. The third-order valence-corrected chi connectivity index (χ3v) is 3.87. The van der Waals surface area contributed by atoms with Crippen molar-refractivity contribution in [3.8, 4) is 0 Å². The molecule has 0 aliphatic heterocycles. The average Bonchev–Trinajstić information content (AvgIpc) is 2.43. The first-order valence-corrected chi connectivity index (χ1v) is 7.33. The molecule has 1 aromatic carbocycles. The molecule has 2 nitrogen and oxygen atoms in total. The summed E-state index contributed by atoms with van der Waals surface area (Å²) in [5.41, 5.74) is 4.23. The van der Waals surface area contributed by atoms with Crippen LogP contribution in [0, 0.1) is 0 Å². The van der Waals surface area contributed by atoms with Crippen molar-refractivity contribution in [3.63, 3.8) is 0 Å². The van der Waals surface area contributed by atoms with Crippen molar-refractivity contribution in [1.29, 1.82) is 0 Å². The van der Waals surface area contributed by atoms with Gasteiger partial charge in [0.25, 0.3) is 0 Å². The van der Waals surface area contributed by atoms with Crippen LogP contribution in [0.5, 0.6) is 0 Å². The molecule has 19 heavy (non-hydrogen) atoms. The van der Waals surface area contributed by atoms with Crippen LogP contribution in [0.1, 0.15) is 50.7 Å².